The molecule has 2 aromatic carbocycles. The SMILES string of the molecule is C[C@H](OC(=O)Cn1cnc2ccccc2c1=O)C(=O)Nc1ccc(C#N)c(Cl)c1. The highest BCUT2D eigenvalue weighted by molar-refractivity contribution is 6.32. The number of benzene rings is 2. The highest BCUT2D eigenvalue weighted by Crippen LogP contribution is 2.20. The fraction of sp³-hybridized carbons (Fsp3) is 0.150. The van der Waals surface area contributed by atoms with Crippen LogP contribution in [0.4, 0.5) is 5.69 Å². The number of carbonyl (C=O) groups excluding carboxylic acids is 2. The summed E-state index contributed by atoms with van der Waals surface area (Å²) in [5.74, 6) is -1.34. The molecule has 0 saturated carbocycles. The fourth-order valence-corrected chi connectivity index (χ4v) is 2.80. The standard InChI is InChI=1S/C20H15ClN4O4/c1-12(19(27)24-14-7-6-13(9-22)16(21)8-14)29-18(26)10-25-11-23-17-5-3-2-4-15(17)20(25)28/h2-8,11-12H,10H2,1H3,(H,24,27)/t12-/m0/s1. The first-order valence-corrected chi connectivity index (χ1v) is 8.91. The van der Waals surface area contributed by atoms with E-state index in [2.05, 4.69) is 10.3 Å². The van der Waals surface area contributed by atoms with Crippen molar-refractivity contribution in [3.63, 3.8) is 0 Å². The van der Waals surface area contributed by atoms with Crippen LogP contribution in [0, 0.1) is 11.3 Å². The molecule has 0 fully saturated rings. The summed E-state index contributed by atoms with van der Waals surface area (Å²) in [6, 6.07) is 13.1. The number of nitrogens with zero attached hydrogens (tertiary/aromatic N) is 3. The van der Waals surface area contributed by atoms with Gasteiger partial charge in [-0.1, -0.05) is 23.7 Å². The van der Waals surface area contributed by atoms with E-state index in [0.29, 0.717) is 16.6 Å². The van der Waals surface area contributed by atoms with Crippen LogP contribution in [0.2, 0.25) is 5.02 Å². The summed E-state index contributed by atoms with van der Waals surface area (Å²) in [7, 11) is 0. The van der Waals surface area contributed by atoms with Gasteiger partial charge in [0.15, 0.2) is 6.10 Å². The number of esters is 1. The van der Waals surface area contributed by atoms with Crippen LogP contribution in [0.1, 0.15) is 12.5 Å². The first-order chi connectivity index (χ1) is 13.9. The van der Waals surface area contributed by atoms with Crippen molar-refractivity contribution in [1.82, 2.24) is 9.55 Å². The number of amides is 1. The molecule has 1 atom stereocenters. The van der Waals surface area contributed by atoms with E-state index in [1.807, 2.05) is 6.07 Å². The normalized spacial score (nSPS) is 11.5. The van der Waals surface area contributed by atoms with Crippen molar-refractivity contribution < 1.29 is 14.3 Å². The van der Waals surface area contributed by atoms with Crippen LogP contribution in [-0.2, 0) is 20.9 Å². The average molecular weight is 411 g/mol. The molecule has 0 saturated heterocycles. The summed E-state index contributed by atoms with van der Waals surface area (Å²) in [5, 5.41) is 12.0. The minimum atomic E-state index is -1.11. The number of hydrogen-bond acceptors (Lipinski definition) is 6. The second-order valence-electron chi connectivity index (χ2n) is 6.12. The van der Waals surface area contributed by atoms with Crippen molar-refractivity contribution >= 4 is 40.1 Å². The Hall–Kier alpha value is -3.70. The third-order valence-electron chi connectivity index (χ3n) is 4.07. The van der Waals surface area contributed by atoms with Gasteiger partial charge in [0.2, 0.25) is 0 Å². The molecule has 0 aliphatic rings. The van der Waals surface area contributed by atoms with E-state index >= 15 is 0 Å². The molecule has 0 spiro atoms. The molecule has 146 valence electrons. The van der Waals surface area contributed by atoms with E-state index < -0.39 is 18.0 Å². The molecule has 0 aliphatic carbocycles. The van der Waals surface area contributed by atoms with Crippen molar-refractivity contribution in [3.05, 3.63) is 69.7 Å². The van der Waals surface area contributed by atoms with E-state index in [0.717, 1.165) is 4.57 Å². The second kappa shape index (κ2) is 8.54. The van der Waals surface area contributed by atoms with Crippen molar-refractivity contribution in [2.45, 2.75) is 19.6 Å². The maximum absolute atomic E-state index is 12.4. The van der Waals surface area contributed by atoms with Crippen molar-refractivity contribution in [1.29, 1.82) is 5.26 Å². The number of halogens is 1. The van der Waals surface area contributed by atoms with E-state index in [-0.39, 0.29) is 22.7 Å². The molecule has 1 N–H and O–H groups in total. The molecule has 3 aromatic rings. The zero-order valence-corrected chi connectivity index (χ0v) is 16.0. The van der Waals surface area contributed by atoms with Crippen LogP contribution >= 0.6 is 11.6 Å². The predicted octanol–water partition coefficient (Wildman–Crippen LogP) is 2.49. The quantitative estimate of drug-likeness (QED) is 0.646. The molecule has 0 unspecified atom stereocenters. The number of aromatic nitrogens is 2. The monoisotopic (exact) mass is 410 g/mol. The van der Waals surface area contributed by atoms with Crippen LogP contribution in [0.15, 0.2) is 53.6 Å². The maximum Gasteiger partial charge on any atom is 0.326 e. The Kier molecular flexibility index (Phi) is 5.90. The Morgan fingerprint density at radius 2 is 2.07 bits per heavy atom. The molecule has 1 heterocycles. The molecule has 1 aromatic heterocycles. The third kappa shape index (κ3) is 4.59. The van der Waals surface area contributed by atoms with Crippen LogP contribution in [0.3, 0.4) is 0 Å². The number of nitriles is 1. The second-order valence-corrected chi connectivity index (χ2v) is 6.53. The highest BCUT2D eigenvalue weighted by Gasteiger charge is 2.19. The largest absolute Gasteiger partial charge is 0.451 e. The van der Waals surface area contributed by atoms with Crippen LogP contribution in [0.25, 0.3) is 10.9 Å². The smallest absolute Gasteiger partial charge is 0.326 e. The van der Waals surface area contributed by atoms with Crippen LogP contribution < -0.4 is 10.9 Å². The molecule has 9 heteroatoms. The number of fused-ring (bicyclic) bond motifs is 1. The Bertz CT molecular complexity index is 1200. The summed E-state index contributed by atoms with van der Waals surface area (Å²) >= 11 is 5.93. The van der Waals surface area contributed by atoms with Gasteiger partial charge in [-0.15, -0.1) is 0 Å². The number of rotatable bonds is 5. The molecule has 8 nitrogen and oxygen atoms in total. The van der Waals surface area contributed by atoms with E-state index in [1.165, 1.54) is 31.5 Å². The lowest BCUT2D eigenvalue weighted by Gasteiger charge is -2.14. The van der Waals surface area contributed by atoms with Gasteiger partial charge in [0, 0.05) is 5.69 Å². The molecule has 0 aliphatic heterocycles. The van der Waals surface area contributed by atoms with E-state index in [1.54, 1.807) is 24.3 Å². The van der Waals surface area contributed by atoms with Crippen LogP contribution in [-0.4, -0.2) is 27.5 Å². The number of anilines is 1. The Balaban J connectivity index is 1.64. The number of carbonyl (C=O) groups is 2. The van der Waals surface area contributed by atoms with Gasteiger partial charge in [0.05, 0.1) is 27.8 Å². The molecular weight excluding hydrogens is 396 g/mol. The molecule has 1 amide bonds. The summed E-state index contributed by atoms with van der Waals surface area (Å²) in [4.78, 5) is 40.9. The highest BCUT2D eigenvalue weighted by atomic mass is 35.5. The van der Waals surface area contributed by atoms with Crippen LogP contribution in [0.5, 0.6) is 0 Å². The predicted molar refractivity (Wildman–Crippen MR) is 106 cm³/mol. The van der Waals surface area contributed by atoms with Crippen molar-refractivity contribution in [2.75, 3.05) is 5.32 Å². The number of nitrogens with one attached hydrogen (secondary N) is 1. The zero-order valence-electron chi connectivity index (χ0n) is 15.3. The van der Waals surface area contributed by atoms with Gasteiger partial charge in [-0.3, -0.25) is 19.0 Å². The Labute approximate surface area is 170 Å². The zero-order chi connectivity index (χ0) is 21.0. The molecule has 29 heavy (non-hydrogen) atoms. The van der Waals surface area contributed by atoms with Crippen molar-refractivity contribution in [2.24, 2.45) is 0 Å². The first kappa shape index (κ1) is 20.0. The Morgan fingerprint density at radius 1 is 1.31 bits per heavy atom. The minimum absolute atomic E-state index is 0.193. The lowest BCUT2D eigenvalue weighted by molar-refractivity contribution is -0.153. The van der Waals surface area contributed by atoms with Gasteiger partial charge in [-0.25, -0.2) is 4.98 Å². The van der Waals surface area contributed by atoms with Gasteiger partial charge in [-0.05, 0) is 37.3 Å². The van der Waals surface area contributed by atoms with Gasteiger partial charge >= 0.3 is 5.97 Å². The first-order valence-electron chi connectivity index (χ1n) is 8.53. The van der Waals surface area contributed by atoms with Crippen molar-refractivity contribution in [3.8, 4) is 6.07 Å². The van der Waals surface area contributed by atoms with E-state index in [9.17, 15) is 14.4 Å². The number of hydrogen-bond donors (Lipinski definition) is 1. The van der Waals surface area contributed by atoms with Gasteiger partial charge in [0.25, 0.3) is 11.5 Å². The summed E-state index contributed by atoms with van der Waals surface area (Å²) in [6.45, 7) is 1.02. The van der Waals surface area contributed by atoms with E-state index in [4.69, 9.17) is 21.6 Å². The minimum Gasteiger partial charge on any atom is -0.451 e. The Morgan fingerprint density at radius 3 is 2.79 bits per heavy atom. The maximum atomic E-state index is 12.4. The molecule has 0 radical (unpaired) electrons. The number of ether oxygens (including phenoxy) is 1. The molecule has 3 rings (SSSR count). The third-order valence-corrected chi connectivity index (χ3v) is 4.38. The van der Waals surface area contributed by atoms with Gasteiger partial charge < -0.3 is 10.1 Å². The topological polar surface area (TPSA) is 114 Å². The average Bonchev–Trinajstić information content (AvgIpc) is 2.70. The molecule has 0 bridgehead atoms. The summed E-state index contributed by atoms with van der Waals surface area (Å²) in [6.07, 6.45) is 0.149. The van der Waals surface area contributed by atoms with Gasteiger partial charge in [-0.2, -0.15) is 5.26 Å². The lowest BCUT2D eigenvalue weighted by atomic mass is 10.2. The molecular formula is C20H15ClN4O4. The number of para-hydroxylation sites is 1. The summed E-state index contributed by atoms with van der Waals surface area (Å²) in [5.41, 5.74) is 0.781. The lowest BCUT2D eigenvalue weighted by Crippen LogP contribution is -2.33. The summed E-state index contributed by atoms with van der Waals surface area (Å²) < 4.78 is 6.23. The van der Waals surface area contributed by atoms with Gasteiger partial charge in [0.1, 0.15) is 12.6 Å². The fourth-order valence-electron chi connectivity index (χ4n) is 2.57.